The average Bonchev–Trinajstić information content (AvgIpc) is 3.69. The standard InChI is InChI=1S/C25H27Cl2IN2O3S.C2H4O2/c26-19-4-1-3-18(13-19)22-9-10-23(31)29(15-17-7-8-17)24(22)25(32)30(16-33-11-12-34-28)21-6-2-5-20(27)14-21;1-2(3)4/h1-6,13-14,17,22,24H,7-12,15-16H2;1H3,(H,3,4)/t22-,24?;/m0./s1. The number of carboxylic acids is 1. The van der Waals surface area contributed by atoms with Gasteiger partial charge in [-0.3, -0.25) is 19.3 Å². The fourth-order valence-electron chi connectivity index (χ4n) is 4.45. The first kappa shape index (κ1) is 31.0. The van der Waals surface area contributed by atoms with E-state index in [1.807, 2.05) is 41.3 Å². The predicted octanol–water partition coefficient (Wildman–Crippen LogP) is 6.66. The molecule has 2 atom stereocenters. The van der Waals surface area contributed by atoms with Gasteiger partial charge in [-0.05, 0) is 82.3 Å². The van der Waals surface area contributed by atoms with Crippen molar-refractivity contribution in [2.24, 2.45) is 5.92 Å². The van der Waals surface area contributed by atoms with Gasteiger partial charge in [0, 0.05) is 47.3 Å². The van der Waals surface area contributed by atoms with Crippen LogP contribution in [0.3, 0.4) is 0 Å². The highest BCUT2D eigenvalue weighted by Gasteiger charge is 2.45. The number of amides is 2. The monoisotopic (exact) mass is 692 g/mol. The minimum atomic E-state index is -0.833. The van der Waals surface area contributed by atoms with Gasteiger partial charge in [0.2, 0.25) is 5.91 Å². The number of ether oxygens (including phenoxy) is 1. The van der Waals surface area contributed by atoms with E-state index in [0.29, 0.717) is 47.6 Å². The Bertz CT molecular complexity index is 1120. The second kappa shape index (κ2) is 15.3. The van der Waals surface area contributed by atoms with Crippen molar-refractivity contribution < 1.29 is 24.2 Å². The van der Waals surface area contributed by atoms with E-state index in [2.05, 4.69) is 21.2 Å². The highest BCUT2D eigenvalue weighted by molar-refractivity contribution is 14.2. The minimum Gasteiger partial charge on any atom is -0.481 e. The lowest BCUT2D eigenvalue weighted by Crippen LogP contribution is -2.57. The molecule has 4 rings (SSSR count). The topological polar surface area (TPSA) is 87.1 Å². The van der Waals surface area contributed by atoms with Gasteiger partial charge in [0.25, 0.3) is 11.9 Å². The summed E-state index contributed by atoms with van der Waals surface area (Å²) in [4.78, 5) is 39.8. The first-order chi connectivity index (χ1) is 18.2. The molecular formula is C27H31Cl2IN2O5S. The molecular weight excluding hydrogens is 662 g/mol. The fourth-order valence-corrected chi connectivity index (χ4v) is 5.56. The smallest absolute Gasteiger partial charge is 0.300 e. The molecule has 0 radical (unpaired) electrons. The van der Waals surface area contributed by atoms with E-state index in [1.165, 1.54) is 0 Å². The summed E-state index contributed by atoms with van der Waals surface area (Å²) in [6.45, 7) is 2.31. The Morgan fingerprint density at radius 1 is 1.13 bits per heavy atom. The van der Waals surface area contributed by atoms with Crippen molar-refractivity contribution in [2.75, 3.05) is 30.5 Å². The Balaban J connectivity index is 0.000000934. The number of carbonyl (C=O) groups is 3. The lowest BCUT2D eigenvalue weighted by molar-refractivity contribution is -0.144. The predicted molar refractivity (Wildman–Crippen MR) is 161 cm³/mol. The number of likely N-dealkylation sites (tertiary alicyclic amines) is 1. The molecule has 1 aliphatic heterocycles. The van der Waals surface area contributed by atoms with Crippen molar-refractivity contribution in [3.05, 3.63) is 64.1 Å². The number of nitrogens with zero attached hydrogens (tertiary/aromatic N) is 2. The van der Waals surface area contributed by atoms with E-state index >= 15 is 0 Å². The highest BCUT2D eigenvalue weighted by Crippen LogP contribution is 2.39. The van der Waals surface area contributed by atoms with Gasteiger partial charge in [-0.25, -0.2) is 0 Å². The average molecular weight is 693 g/mol. The molecule has 1 unspecified atom stereocenters. The largest absolute Gasteiger partial charge is 0.481 e. The van der Waals surface area contributed by atoms with Crippen LogP contribution in [0.2, 0.25) is 10.0 Å². The summed E-state index contributed by atoms with van der Waals surface area (Å²) in [5, 5.41) is 8.58. The molecule has 2 amide bonds. The Kier molecular flexibility index (Phi) is 12.5. The third-order valence-corrected chi connectivity index (χ3v) is 8.41. The van der Waals surface area contributed by atoms with Gasteiger partial charge in [-0.1, -0.05) is 50.3 Å². The van der Waals surface area contributed by atoms with Gasteiger partial charge in [0.15, 0.2) is 0 Å². The molecule has 2 aliphatic rings. The van der Waals surface area contributed by atoms with Crippen LogP contribution in [0.5, 0.6) is 0 Å². The van der Waals surface area contributed by atoms with E-state index < -0.39 is 12.0 Å². The number of benzene rings is 2. The molecule has 1 aliphatic carbocycles. The molecule has 1 N–H and O–H groups in total. The number of hydrogen-bond acceptors (Lipinski definition) is 5. The molecule has 0 aromatic heterocycles. The third-order valence-electron chi connectivity index (χ3n) is 6.30. The van der Waals surface area contributed by atoms with Gasteiger partial charge in [0.1, 0.15) is 12.8 Å². The van der Waals surface area contributed by atoms with E-state index in [0.717, 1.165) is 31.1 Å². The Labute approximate surface area is 249 Å². The second-order valence-electron chi connectivity index (χ2n) is 9.25. The fraction of sp³-hybridized carbons (Fsp3) is 0.444. The van der Waals surface area contributed by atoms with E-state index in [-0.39, 0.29) is 24.5 Å². The summed E-state index contributed by atoms with van der Waals surface area (Å²) in [5.74, 6) is 0.196. The number of carbonyl (C=O) groups excluding carboxylic acids is 2. The van der Waals surface area contributed by atoms with Gasteiger partial charge in [-0.2, -0.15) is 0 Å². The van der Waals surface area contributed by atoms with Crippen LogP contribution < -0.4 is 4.90 Å². The third kappa shape index (κ3) is 9.29. The van der Waals surface area contributed by atoms with E-state index in [9.17, 15) is 9.59 Å². The van der Waals surface area contributed by atoms with Crippen LogP contribution in [-0.2, 0) is 19.1 Å². The number of rotatable bonds is 10. The number of halogens is 3. The number of hydrogen-bond donors (Lipinski definition) is 1. The van der Waals surface area contributed by atoms with Crippen molar-refractivity contribution in [2.45, 2.75) is 44.6 Å². The van der Waals surface area contributed by atoms with Crippen molar-refractivity contribution in [3.8, 4) is 0 Å². The molecule has 38 heavy (non-hydrogen) atoms. The van der Waals surface area contributed by atoms with Crippen molar-refractivity contribution in [1.82, 2.24) is 4.90 Å². The van der Waals surface area contributed by atoms with Crippen LogP contribution in [0.15, 0.2) is 48.5 Å². The maximum absolute atomic E-state index is 14.3. The number of piperidine rings is 1. The van der Waals surface area contributed by atoms with Crippen LogP contribution in [0.4, 0.5) is 5.69 Å². The summed E-state index contributed by atoms with van der Waals surface area (Å²) < 4.78 is 5.87. The van der Waals surface area contributed by atoms with Gasteiger partial charge >= 0.3 is 0 Å². The molecule has 206 valence electrons. The van der Waals surface area contributed by atoms with Crippen LogP contribution in [0.1, 0.15) is 44.1 Å². The van der Waals surface area contributed by atoms with Crippen molar-refractivity contribution in [3.63, 3.8) is 0 Å². The molecule has 2 aromatic carbocycles. The second-order valence-corrected chi connectivity index (χ2v) is 12.6. The number of anilines is 1. The molecule has 0 spiro atoms. The first-order valence-corrected chi connectivity index (χ1v) is 16.6. The molecule has 2 aromatic rings. The van der Waals surface area contributed by atoms with Crippen LogP contribution in [0.25, 0.3) is 0 Å². The summed E-state index contributed by atoms with van der Waals surface area (Å²) in [5.41, 5.74) is 1.64. The Morgan fingerprint density at radius 2 is 1.79 bits per heavy atom. The van der Waals surface area contributed by atoms with E-state index in [4.69, 9.17) is 37.8 Å². The zero-order valence-corrected chi connectivity index (χ0v) is 25.5. The highest BCUT2D eigenvalue weighted by atomic mass is 127. The molecule has 11 heteroatoms. The maximum Gasteiger partial charge on any atom is 0.300 e. The SMILES string of the molecule is CC(=O)O.O=C(C1[C@H](c2cccc(Cl)c2)CCC(=O)N1CC1CC1)N(COCCSI)c1cccc(Cl)c1. The van der Waals surface area contributed by atoms with Crippen molar-refractivity contribution >= 4 is 76.8 Å². The number of aliphatic carboxylic acids is 1. The Hall–Kier alpha value is -1.53. The lowest BCUT2D eigenvalue weighted by Gasteiger charge is -2.42. The van der Waals surface area contributed by atoms with Gasteiger partial charge < -0.3 is 14.7 Å². The molecule has 1 heterocycles. The van der Waals surface area contributed by atoms with Crippen LogP contribution in [0, 0.1) is 5.92 Å². The molecule has 2 fully saturated rings. The summed E-state index contributed by atoms with van der Waals surface area (Å²) in [6.07, 6.45) is 3.23. The number of carboxylic acid groups (broad SMARTS) is 1. The molecule has 7 nitrogen and oxygen atoms in total. The zero-order valence-electron chi connectivity index (χ0n) is 21.0. The summed E-state index contributed by atoms with van der Waals surface area (Å²) >= 11 is 14.8. The van der Waals surface area contributed by atoms with Crippen LogP contribution >= 0.6 is 53.3 Å². The Morgan fingerprint density at radius 3 is 2.39 bits per heavy atom. The summed E-state index contributed by atoms with van der Waals surface area (Å²) in [6, 6.07) is 14.2. The molecule has 1 saturated heterocycles. The molecule has 1 saturated carbocycles. The van der Waals surface area contributed by atoms with E-state index in [1.54, 1.807) is 26.0 Å². The maximum atomic E-state index is 14.3. The quantitative estimate of drug-likeness (QED) is 0.170. The molecule has 0 bridgehead atoms. The normalized spacial score (nSPS) is 18.9. The lowest BCUT2D eigenvalue weighted by atomic mass is 9.82. The zero-order chi connectivity index (χ0) is 27.7. The van der Waals surface area contributed by atoms with Gasteiger partial charge in [0.05, 0.1) is 6.61 Å². The minimum absolute atomic E-state index is 0.0387. The van der Waals surface area contributed by atoms with Crippen LogP contribution in [-0.4, -0.2) is 59.5 Å². The van der Waals surface area contributed by atoms with Gasteiger partial charge in [-0.15, -0.1) is 0 Å². The summed E-state index contributed by atoms with van der Waals surface area (Å²) in [7, 11) is 1.66. The first-order valence-electron chi connectivity index (χ1n) is 12.3. The van der Waals surface area contributed by atoms with Crippen molar-refractivity contribution in [1.29, 1.82) is 0 Å².